The van der Waals surface area contributed by atoms with E-state index in [-0.39, 0.29) is 5.41 Å². The Hall–Kier alpha value is -4.36. The van der Waals surface area contributed by atoms with Crippen LogP contribution in [-0.2, 0) is 24.3 Å². The predicted octanol–water partition coefficient (Wildman–Crippen LogP) is 6.91. The molecule has 0 aliphatic carbocycles. The second-order valence-electron chi connectivity index (χ2n) is 12.9. The van der Waals surface area contributed by atoms with E-state index < -0.39 is 0 Å². The molecular weight excluding hydrogens is 558 g/mol. The molecule has 0 saturated carbocycles. The monoisotopic (exact) mass is 601 g/mol. The lowest BCUT2D eigenvalue weighted by atomic mass is 9.77. The number of carbonyl (C=O) groups excluding carboxylic acids is 1. The lowest BCUT2D eigenvalue weighted by Gasteiger charge is -2.35. The fourth-order valence-electron chi connectivity index (χ4n) is 7.25. The van der Waals surface area contributed by atoms with Crippen molar-refractivity contribution in [1.29, 1.82) is 0 Å². The summed E-state index contributed by atoms with van der Waals surface area (Å²) >= 11 is 0. The van der Waals surface area contributed by atoms with Crippen LogP contribution in [0.25, 0.3) is 11.0 Å². The highest BCUT2D eigenvalue weighted by Gasteiger charge is 2.46. The largest absolute Gasteiger partial charge is 0.464 e. The fourth-order valence-corrected chi connectivity index (χ4v) is 7.25. The SMILES string of the molecule is Cc1ccc(Cn2c(NC3CCN(CCC4(Cc5ccccc5)CCN(Cc5ccccc5)C4=O)CC3)nc3ccccc32)o1. The summed E-state index contributed by atoms with van der Waals surface area (Å²) in [5.41, 5.74) is 4.21. The van der Waals surface area contributed by atoms with Gasteiger partial charge in [0.25, 0.3) is 0 Å². The molecule has 3 aromatic carbocycles. The molecule has 2 fully saturated rings. The summed E-state index contributed by atoms with van der Waals surface area (Å²) in [4.78, 5) is 23.7. The van der Waals surface area contributed by atoms with E-state index in [0.29, 0.717) is 25.0 Å². The molecule has 4 heterocycles. The first-order valence-electron chi connectivity index (χ1n) is 16.4. The van der Waals surface area contributed by atoms with E-state index in [0.717, 1.165) is 86.8 Å². The van der Waals surface area contributed by atoms with Crippen LogP contribution < -0.4 is 5.32 Å². The number of piperidine rings is 1. The molecule has 7 heteroatoms. The minimum absolute atomic E-state index is 0.317. The van der Waals surface area contributed by atoms with Crippen LogP contribution in [0.3, 0.4) is 0 Å². The number of benzene rings is 3. The smallest absolute Gasteiger partial charge is 0.229 e. The second-order valence-corrected chi connectivity index (χ2v) is 12.9. The number of rotatable bonds is 11. The molecule has 232 valence electrons. The average Bonchev–Trinajstić information content (AvgIpc) is 3.73. The van der Waals surface area contributed by atoms with Gasteiger partial charge in [0.15, 0.2) is 0 Å². The lowest BCUT2D eigenvalue weighted by Crippen LogP contribution is -2.43. The molecular formula is C38H43N5O2. The van der Waals surface area contributed by atoms with E-state index in [1.165, 1.54) is 11.1 Å². The highest BCUT2D eigenvalue weighted by atomic mass is 16.3. The van der Waals surface area contributed by atoms with E-state index in [9.17, 15) is 4.79 Å². The normalized spacial score (nSPS) is 19.5. The van der Waals surface area contributed by atoms with E-state index in [1.54, 1.807) is 0 Å². The van der Waals surface area contributed by atoms with Crippen molar-refractivity contribution in [1.82, 2.24) is 19.4 Å². The zero-order chi connectivity index (χ0) is 30.6. The van der Waals surface area contributed by atoms with E-state index in [4.69, 9.17) is 9.40 Å². The minimum atomic E-state index is -0.347. The van der Waals surface area contributed by atoms with Gasteiger partial charge in [0, 0.05) is 32.2 Å². The third-order valence-electron chi connectivity index (χ3n) is 9.79. The fraction of sp³-hybridized carbons (Fsp3) is 0.368. The molecule has 45 heavy (non-hydrogen) atoms. The first-order valence-corrected chi connectivity index (χ1v) is 16.4. The number of carbonyl (C=O) groups is 1. The number of para-hydroxylation sites is 2. The summed E-state index contributed by atoms with van der Waals surface area (Å²) in [5.74, 6) is 3.07. The zero-order valence-electron chi connectivity index (χ0n) is 26.2. The lowest BCUT2D eigenvalue weighted by molar-refractivity contribution is -0.137. The summed E-state index contributed by atoms with van der Waals surface area (Å²) in [6.07, 6.45) is 4.70. The van der Waals surface area contributed by atoms with Gasteiger partial charge in [0.1, 0.15) is 11.5 Å². The Bertz CT molecular complexity index is 1720. The molecule has 0 spiro atoms. The van der Waals surface area contributed by atoms with Crippen LogP contribution in [0.2, 0.25) is 0 Å². The molecule has 5 aromatic rings. The number of nitrogens with zero attached hydrogens (tertiary/aromatic N) is 4. The van der Waals surface area contributed by atoms with Crippen molar-refractivity contribution in [3.05, 3.63) is 120 Å². The predicted molar refractivity (Wildman–Crippen MR) is 179 cm³/mol. The number of hydrogen-bond donors (Lipinski definition) is 1. The average molecular weight is 602 g/mol. The minimum Gasteiger partial charge on any atom is -0.464 e. The molecule has 1 amide bonds. The van der Waals surface area contributed by atoms with Gasteiger partial charge in [0.2, 0.25) is 11.9 Å². The summed E-state index contributed by atoms with van der Waals surface area (Å²) in [6, 6.07) is 33.7. The molecule has 2 saturated heterocycles. The summed E-state index contributed by atoms with van der Waals surface area (Å²) in [6.45, 7) is 7.12. The number of furan rings is 1. The number of anilines is 1. The third-order valence-corrected chi connectivity index (χ3v) is 9.79. The molecule has 7 rings (SSSR count). The molecule has 2 aliphatic heterocycles. The van der Waals surface area contributed by atoms with Gasteiger partial charge >= 0.3 is 0 Å². The van der Waals surface area contributed by atoms with Crippen LogP contribution in [0, 0.1) is 12.3 Å². The maximum Gasteiger partial charge on any atom is 0.229 e. The van der Waals surface area contributed by atoms with E-state index in [1.807, 2.05) is 31.2 Å². The van der Waals surface area contributed by atoms with Crippen molar-refractivity contribution in [2.45, 2.75) is 58.2 Å². The molecule has 1 unspecified atom stereocenters. The van der Waals surface area contributed by atoms with Crippen molar-refractivity contribution in [3.8, 4) is 0 Å². The van der Waals surface area contributed by atoms with Crippen molar-refractivity contribution >= 4 is 22.9 Å². The van der Waals surface area contributed by atoms with Crippen molar-refractivity contribution in [2.75, 3.05) is 31.5 Å². The number of aryl methyl sites for hydroxylation is 1. The Balaban J connectivity index is 0.999. The van der Waals surface area contributed by atoms with Crippen LogP contribution in [0.5, 0.6) is 0 Å². The summed E-state index contributed by atoms with van der Waals surface area (Å²) < 4.78 is 8.15. The molecule has 0 radical (unpaired) electrons. The van der Waals surface area contributed by atoms with Gasteiger partial charge in [-0.3, -0.25) is 4.79 Å². The molecule has 0 bridgehead atoms. The first-order chi connectivity index (χ1) is 22.0. The van der Waals surface area contributed by atoms with Crippen molar-refractivity contribution < 1.29 is 9.21 Å². The number of amides is 1. The van der Waals surface area contributed by atoms with Gasteiger partial charge < -0.3 is 24.1 Å². The Morgan fingerprint density at radius 1 is 0.844 bits per heavy atom. The summed E-state index contributed by atoms with van der Waals surface area (Å²) in [5, 5.41) is 3.78. The Kier molecular flexibility index (Phi) is 8.44. The second kappa shape index (κ2) is 12.9. The third kappa shape index (κ3) is 6.54. The highest BCUT2D eigenvalue weighted by Crippen LogP contribution is 2.40. The van der Waals surface area contributed by atoms with Gasteiger partial charge in [0.05, 0.1) is 23.0 Å². The Morgan fingerprint density at radius 2 is 1.56 bits per heavy atom. The van der Waals surface area contributed by atoms with Gasteiger partial charge in [-0.15, -0.1) is 0 Å². The van der Waals surface area contributed by atoms with Crippen molar-refractivity contribution in [3.63, 3.8) is 0 Å². The van der Waals surface area contributed by atoms with Crippen LogP contribution in [0.1, 0.15) is 48.3 Å². The van der Waals surface area contributed by atoms with Crippen molar-refractivity contribution in [2.24, 2.45) is 5.41 Å². The van der Waals surface area contributed by atoms with Gasteiger partial charge in [-0.2, -0.15) is 0 Å². The first kappa shape index (κ1) is 29.4. The number of nitrogens with one attached hydrogen (secondary N) is 1. The van der Waals surface area contributed by atoms with E-state index in [2.05, 4.69) is 92.5 Å². The molecule has 1 N–H and O–H groups in total. The molecule has 2 aliphatic rings. The number of hydrogen-bond acceptors (Lipinski definition) is 5. The Labute approximate surface area is 265 Å². The van der Waals surface area contributed by atoms with Gasteiger partial charge in [-0.1, -0.05) is 72.8 Å². The number of imidazole rings is 1. The van der Waals surface area contributed by atoms with Crippen LogP contribution in [0.15, 0.2) is 101 Å². The van der Waals surface area contributed by atoms with Crippen LogP contribution in [0.4, 0.5) is 5.95 Å². The highest BCUT2D eigenvalue weighted by molar-refractivity contribution is 5.85. The maximum absolute atomic E-state index is 14.1. The number of aromatic nitrogens is 2. The maximum atomic E-state index is 14.1. The quantitative estimate of drug-likeness (QED) is 0.178. The molecule has 1 atom stereocenters. The standard InChI is InChI=1S/C38H43N5O2/c1-29-16-17-33(45-29)28-43-35-15-9-8-14-34(35)40-37(43)39-32-18-22-41(23-19-32)24-20-38(26-30-10-4-2-5-11-30)21-25-42(36(38)44)27-31-12-6-3-7-13-31/h2-17,32H,18-28H2,1H3,(H,39,40). The van der Waals surface area contributed by atoms with Gasteiger partial charge in [-0.25, -0.2) is 4.98 Å². The topological polar surface area (TPSA) is 66.5 Å². The van der Waals surface area contributed by atoms with Crippen LogP contribution >= 0.6 is 0 Å². The number of fused-ring (bicyclic) bond motifs is 1. The van der Waals surface area contributed by atoms with Gasteiger partial charge in [-0.05, 0) is 81.0 Å². The summed E-state index contributed by atoms with van der Waals surface area (Å²) in [7, 11) is 0. The van der Waals surface area contributed by atoms with Crippen LogP contribution in [-0.4, -0.2) is 57.5 Å². The molecule has 2 aromatic heterocycles. The van der Waals surface area contributed by atoms with E-state index >= 15 is 0 Å². The number of likely N-dealkylation sites (tertiary alicyclic amines) is 2. The molecule has 7 nitrogen and oxygen atoms in total. The Morgan fingerprint density at radius 3 is 2.29 bits per heavy atom. The zero-order valence-corrected chi connectivity index (χ0v) is 26.2.